The van der Waals surface area contributed by atoms with Gasteiger partial charge in [-0.15, -0.1) is 0 Å². The van der Waals surface area contributed by atoms with Gasteiger partial charge in [0, 0.05) is 5.56 Å². The van der Waals surface area contributed by atoms with Crippen LogP contribution in [-0.2, 0) is 11.2 Å². The third kappa shape index (κ3) is 3.70. The van der Waals surface area contributed by atoms with E-state index in [1.54, 1.807) is 33.5 Å². The molecule has 0 N–H and O–H groups in total. The monoisotopic (exact) mass is 436 g/mol. The lowest BCUT2D eigenvalue weighted by atomic mass is 9.90. The summed E-state index contributed by atoms with van der Waals surface area (Å²) in [5.41, 5.74) is 2.99. The van der Waals surface area contributed by atoms with Crippen molar-refractivity contribution in [1.82, 2.24) is 0 Å². The lowest BCUT2D eigenvalue weighted by Gasteiger charge is -2.19. The zero-order chi connectivity index (χ0) is 22.8. The zero-order valence-electron chi connectivity index (χ0n) is 18.4. The predicted octanol–water partition coefficient (Wildman–Crippen LogP) is 4.48. The topological polar surface area (TPSA) is 84.2 Å². The van der Waals surface area contributed by atoms with E-state index in [0.717, 1.165) is 24.0 Å². The van der Waals surface area contributed by atoms with E-state index in [9.17, 15) is 9.59 Å². The first kappa shape index (κ1) is 21.5. The zero-order valence-corrected chi connectivity index (χ0v) is 18.4. The van der Waals surface area contributed by atoms with E-state index in [1.165, 1.54) is 13.2 Å². The van der Waals surface area contributed by atoms with Gasteiger partial charge in [0.15, 0.2) is 16.9 Å². The molecule has 0 aliphatic heterocycles. The van der Waals surface area contributed by atoms with Crippen LogP contribution >= 0.6 is 0 Å². The summed E-state index contributed by atoms with van der Waals surface area (Å²) >= 11 is 0. The number of carbonyl (C=O) groups excluding carboxylic acids is 1. The summed E-state index contributed by atoms with van der Waals surface area (Å²) in [6.07, 6.45) is 4.16. The number of carbonyl (C=O) groups is 1. The number of hydrogen-bond donors (Lipinski definition) is 0. The number of hydrogen-bond acceptors (Lipinski definition) is 7. The largest absolute Gasteiger partial charge is 0.493 e. The molecule has 0 unspecified atom stereocenters. The third-order valence-corrected chi connectivity index (χ3v) is 5.60. The predicted molar refractivity (Wildman–Crippen MR) is 121 cm³/mol. The van der Waals surface area contributed by atoms with Crippen molar-refractivity contribution in [3.05, 3.63) is 63.0 Å². The quantitative estimate of drug-likeness (QED) is 0.545. The molecule has 7 heteroatoms. The van der Waals surface area contributed by atoms with Crippen LogP contribution in [0.2, 0.25) is 0 Å². The standard InChI is InChI=1S/C25H24O7/c1-28-20-11-14(12-21(29-2)24(20)30-3)10-15-6-5-7-17-22(26)18-13-16(25(27)31-4)8-9-19(18)32-23(15)17/h8-13H,5-7H2,1-4H3. The molecule has 1 aliphatic rings. The summed E-state index contributed by atoms with van der Waals surface area (Å²) in [6, 6.07) is 8.46. The van der Waals surface area contributed by atoms with Gasteiger partial charge >= 0.3 is 5.97 Å². The molecule has 0 fully saturated rings. The summed E-state index contributed by atoms with van der Waals surface area (Å²) in [6.45, 7) is 0. The molecular formula is C25H24O7. The average Bonchev–Trinajstić information content (AvgIpc) is 2.83. The highest BCUT2D eigenvalue weighted by Gasteiger charge is 2.23. The highest BCUT2D eigenvalue weighted by atomic mass is 16.5. The molecule has 0 bridgehead atoms. The van der Waals surface area contributed by atoms with E-state index in [0.29, 0.717) is 51.5 Å². The first-order chi connectivity index (χ1) is 15.5. The van der Waals surface area contributed by atoms with Gasteiger partial charge in [-0.05, 0) is 66.8 Å². The Morgan fingerprint density at radius 2 is 1.69 bits per heavy atom. The van der Waals surface area contributed by atoms with Gasteiger partial charge in [-0.25, -0.2) is 4.79 Å². The van der Waals surface area contributed by atoms with Crippen LogP contribution in [0.5, 0.6) is 17.2 Å². The van der Waals surface area contributed by atoms with Crippen molar-refractivity contribution < 1.29 is 28.2 Å². The normalized spacial score (nSPS) is 14.2. The lowest BCUT2D eigenvalue weighted by molar-refractivity contribution is 0.0601. The minimum atomic E-state index is -0.494. The number of allylic oxidation sites excluding steroid dienone is 1. The first-order valence-corrected chi connectivity index (χ1v) is 10.2. The minimum absolute atomic E-state index is 0.123. The van der Waals surface area contributed by atoms with Gasteiger partial charge in [0.2, 0.25) is 5.75 Å². The molecule has 0 atom stereocenters. The fourth-order valence-electron chi connectivity index (χ4n) is 4.06. The maximum absolute atomic E-state index is 13.2. The van der Waals surface area contributed by atoms with Crippen LogP contribution in [0, 0.1) is 0 Å². The van der Waals surface area contributed by atoms with E-state index < -0.39 is 5.97 Å². The maximum Gasteiger partial charge on any atom is 0.337 e. The molecule has 0 amide bonds. The molecule has 166 valence electrons. The molecule has 0 saturated heterocycles. The Bertz CT molecular complexity index is 1260. The Balaban J connectivity index is 1.86. The number of esters is 1. The summed E-state index contributed by atoms with van der Waals surface area (Å²) in [4.78, 5) is 25.1. The summed E-state index contributed by atoms with van der Waals surface area (Å²) in [5.74, 6) is 1.69. The van der Waals surface area contributed by atoms with Gasteiger partial charge in [-0.1, -0.05) is 0 Å². The van der Waals surface area contributed by atoms with Crippen molar-refractivity contribution in [1.29, 1.82) is 0 Å². The summed E-state index contributed by atoms with van der Waals surface area (Å²) < 4.78 is 27.2. The smallest absolute Gasteiger partial charge is 0.337 e. The Morgan fingerprint density at radius 1 is 0.969 bits per heavy atom. The molecule has 0 spiro atoms. The maximum atomic E-state index is 13.2. The minimum Gasteiger partial charge on any atom is -0.493 e. The van der Waals surface area contributed by atoms with Crippen LogP contribution in [0.4, 0.5) is 0 Å². The van der Waals surface area contributed by atoms with Crippen molar-refractivity contribution in [2.45, 2.75) is 19.3 Å². The number of ether oxygens (including phenoxy) is 4. The highest BCUT2D eigenvalue weighted by Crippen LogP contribution is 2.40. The van der Waals surface area contributed by atoms with Crippen LogP contribution < -0.4 is 19.6 Å². The van der Waals surface area contributed by atoms with Crippen molar-refractivity contribution in [2.75, 3.05) is 28.4 Å². The van der Waals surface area contributed by atoms with Crippen molar-refractivity contribution in [2.24, 2.45) is 0 Å². The fraction of sp³-hybridized carbons (Fsp3) is 0.280. The molecular weight excluding hydrogens is 412 g/mol. The van der Waals surface area contributed by atoms with Gasteiger partial charge in [0.05, 0.1) is 39.4 Å². The van der Waals surface area contributed by atoms with Gasteiger partial charge in [-0.3, -0.25) is 4.79 Å². The van der Waals surface area contributed by atoms with Crippen molar-refractivity contribution in [3.63, 3.8) is 0 Å². The van der Waals surface area contributed by atoms with Crippen LogP contribution in [0.1, 0.15) is 40.1 Å². The van der Waals surface area contributed by atoms with Gasteiger partial charge < -0.3 is 23.4 Å². The summed E-state index contributed by atoms with van der Waals surface area (Å²) in [5, 5.41) is 0.376. The molecule has 0 radical (unpaired) electrons. The number of benzene rings is 2. The fourth-order valence-corrected chi connectivity index (χ4v) is 4.06. The van der Waals surface area contributed by atoms with Crippen LogP contribution in [-0.4, -0.2) is 34.4 Å². The molecule has 3 aromatic rings. The Kier molecular flexibility index (Phi) is 5.90. The SMILES string of the molecule is COC(=O)c1ccc2oc3c(c(=O)c2c1)CCCC3=Cc1cc(OC)c(OC)c(OC)c1. The van der Waals surface area contributed by atoms with Crippen molar-refractivity contribution >= 4 is 28.6 Å². The number of methoxy groups -OCH3 is 4. The number of rotatable bonds is 5. The molecule has 1 heterocycles. The van der Waals surface area contributed by atoms with Crippen LogP contribution in [0.25, 0.3) is 22.6 Å². The molecule has 1 aliphatic carbocycles. The molecule has 4 rings (SSSR count). The second-order valence-electron chi connectivity index (χ2n) is 7.42. The van der Waals surface area contributed by atoms with E-state index in [1.807, 2.05) is 18.2 Å². The molecule has 2 aromatic carbocycles. The first-order valence-electron chi connectivity index (χ1n) is 10.2. The second-order valence-corrected chi connectivity index (χ2v) is 7.42. The average molecular weight is 436 g/mol. The third-order valence-electron chi connectivity index (χ3n) is 5.60. The van der Waals surface area contributed by atoms with E-state index >= 15 is 0 Å². The van der Waals surface area contributed by atoms with E-state index in [2.05, 4.69) is 0 Å². The van der Waals surface area contributed by atoms with E-state index in [-0.39, 0.29) is 5.43 Å². The molecule has 1 aromatic heterocycles. The Morgan fingerprint density at radius 3 is 2.31 bits per heavy atom. The lowest BCUT2D eigenvalue weighted by Crippen LogP contribution is -2.16. The van der Waals surface area contributed by atoms with Gasteiger partial charge in [0.25, 0.3) is 0 Å². The van der Waals surface area contributed by atoms with Gasteiger partial charge in [0.1, 0.15) is 11.3 Å². The Hall–Kier alpha value is -3.74. The molecule has 32 heavy (non-hydrogen) atoms. The molecule has 7 nitrogen and oxygen atoms in total. The van der Waals surface area contributed by atoms with Crippen LogP contribution in [0.15, 0.2) is 39.5 Å². The Labute approximate surface area is 185 Å². The molecule has 0 saturated carbocycles. The van der Waals surface area contributed by atoms with E-state index in [4.69, 9.17) is 23.4 Å². The number of fused-ring (bicyclic) bond motifs is 2. The van der Waals surface area contributed by atoms with Crippen LogP contribution in [0.3, 0.4) is 0 Å². The van der Waals surface area contributed by atoms with Gasteiger partial charge in [-0.2, -0.15) is 0 Å². The van der Waals surface area contributed by atoms with Crippen molar-refractivity contribution in [3.8, 4) is 17.2 Å². The second kappa shape index (κ2) is 8.78. The highest BCUT2D eigenvalue weighted by molar-refractivity contribution is 5.94. The summed E-state index contributed by atoms with van der Waals surface area (Å²) in [7, 11) is 6.00.